The largest absolute Gasteiger partial charge is 0.457 e. The van der Waals surface area contributed by atoms with Crippen LogP contribution in [0, 0.1) is 0 Å². The van der Waals surface area contributed by atoms with Crippen molar-refractivity contribution in [1.82, 2.24) is 10.6 Å². The average Bonchev–Trinajstić information content (AvgIpc) is 3.07. The van der Waals surface area contributed by atoms with Crippen molar-refractivity contribution in [2.75, 3.05) is 24.5 Å². The van der Waals surface area contributed by atoms with Crippen LogP contribution in [0.1, 0.15) is 6.42 Å². The van der Waals surface area contributed by atoms with Crippen molar-refractivity contribution in [3.63, 3.8) is 0 Å². The normalized spacial score (nSPS) is 16.0. The Labute approximate surface area is 162 Å². The fourth-order valence-corrected chi connectivity index (χ4v) is 2.90. The second-order valence-electron chi connectivity index (χ2n) is 6.36. The molecule has 1 aliphatic heterocycles. The van der Waals surface area contributed by atoms with Gasteiger partial charge in [0.1, 0.15) is 11.5 Å². The standard InChI is InChI=1S/C20H22N4O4/c21-11-18(25)22-12-19(26)23-14-10-20(27)24(13-14)15-6-8-17(9-7-15)28-16-4-2-1-3-5-16/h1-9,14H,10-13,21H2,(H,22,25)(H,23,26). The molecule has 0 bridgehead atoms. The lowest BCUT2D eigenvalue weighted by Gasteiger charge is -2.18. The molecule has 0 saturated carbocycles. The number of benzene rings is 2. The average molecular weight is 382 g/mol. The molecular formula is C20H22N4O4. The minimum atomic E-state index is -0.405. The van der Waals surface area contributed by atoms with Gasteiger partial charge in [0, 0.05) is 18.7 Å². The van der Waals surface area contributed by atoms with Gasteiger partial charge < -0.3 is 26.0 Å². The zero-order chi connectivity index (χ0) is 19.9. The summed E-state index contributed by atoms with van der Waals surface area (Å²) >= 11 is 0. The molecule has 0 aromatic heterocycles. The first-order valence-corrected chi connectivity index (χ1v) is 8.94. The SMILES string of the molecule is NCC(=O)NCC(=O)NC1CC(=O)N(c2ccc(Oc3ccccc3)cc2)C1. The van der Waals surface area contributed by atoms with Crippen molar-refractivity contribution in [1.29, 1.82) is 0 Å². The van der Waals surface area contributed by atoms with Gasteiger partial charge in [-0.25, -0.2) is 0 Å². The van der Waals surface area contributed by atoms with Crippen molar-refractivity contribution in [2.45, 2.75) is 12.5 Å². The molecule has 3 amide bonds. The number of carbonyl (C=O) groups is 3. The Morgan fingerprint density at radius 3 is 2.39 bits per heavy atom. The molecule has 1 unspecified atom stereocenters. The number of amides is 3. The third-order valence-corrected chi connectivity index (χ3v) is 4.25. The second-order valence-corrected chi connectivity index (χ2v) is 6.36. The highest BCUT2D eigenvalue weighted by Gasteiger charge is 2.31. The molecule has 1 heterocycles. The van der Waals surface area contributed by atoms with Crippen LogP contribution in [0.3, 0.4) is 0 Å². The zero-order valence-electron chi connectivity index (χ0n) is 15.3. The van der Waals surface area contributed by atoms with E-state index in [1.165, 1.54) is 0 Å². The molecule has 3 rings (SSSR count). The van der Waals surface area contributed by atoms with Gasteiger partial charge in [0.15, 0.2) is 0 Å². The van der Waals surface area contributed by atoms with Crippen LogP contribution in [0.4, 0.5) is 5.69 Å². The highest BCUT2D eigenvalue weighted by atomic mass is 16.5. The maximum Gasteiger partial charge on any atom is 0.239 e. The number of nitrogens with zero attached hydrogens (tertiary/aromatic N) is 1. The minimum Gasteiger partial charge on any atom is -0.457 e. The van der Waals surface area contributed by atoms with Crippen molar-refractivity contribution in [2.24, 2.45) is 5.73 Å². The summed E-state index contributed by atoms with van der Waals surface area (Å²) in [5, 5.41) is 5.15. The molecular weight excluding hydrogens is 360 g/mol. The maximum atomic E-state index is 12.3. The first-order chi connectivity index (χ1) is 13.5. The molecule has 1 fully saturated rings. The summed E-state index contributed by atoms with van der Waals surface area (Å²) in [6, 6.07) is 16.3. The number of hydrogen-bond donors (Lipinski definition) is 3. The lowest BCUT2D eigenvalue weighted by molar-refractivity contribution is -0.125. The molecule has 1 aliphatic rings. The first-order valence-electron chi connectivity index (χ1n) is 8.94. The Bertz CT molecular complexity index is 839. The van der Waals surface area contributed by atoms with Gasteiger partial charge in [-0.05, 0) is 36.4 Å². The van der Waals surface area contributed by atoms with Crippen LogP contribution in [0.15, 0.2) is 54.6 Å². The van der Waals surface area contributed by atoms with E-state index in [9.17, 15) is 14.4 Å². The quantitative estimate of drug-likeness (QED) is 0.655. The number of nitrogens with one attached hydrogen (secondary N) is 2. The predicted molar refractivity (Wildman–Crippen MR) is 104 cm³/mol. The number of rotatable bonds is 7. The van der Waals surface area contributed by atoms with Crippen LogP contribution in [0.25, 0.3) is 0 Å². The summed E-state index contributed by atoms with van der Waals surface area (Å²) in [4.78, 5) is 36.9. The van der Waals surface area contributed by atoms with E-state index >= 15 is 0 Å². The number of para-hydroxylation sites is 1. The maximum absolute atomic E-state index is 12.3. The van der Waals surface area contributed by atoms with E-state index in [0.29, 0.717) is 12.3 Å². The van der Waals surface area contributed by atoms with E-state index in [2.05, 4.69) is 10.6 Å². The molecule has 8 nitrogen and oxygen atoms in total. The van der Waals surface area contributed by atoms with Crippen LogP contribution in [-0.2, 0) is 14.4 Å². The van der Waals surface area contributed by atoms with Gasteiger partial charge in [0.25, 0.3) is 0 Å². The van der Waals surface area contributed by atoms with Gasteiger partial charge in [-0.1, -0.05) is 18.2 Å². The Hall–Kier alpha value is -3.39. The van der Waals surface area contributed by atoms with Crippen molar-refractivity contribution in [3.8, 4) is 11.5 Å². The lowest BCUT2D eigenvalue weighted by Crippen LogP contribution is -2.44. The van der Waals surface area contributed by atoms with E-state index in [-0.39, 0.29) is 37.4 Å². The van der Waals surface area contributed by atoms with Gasteiger partial charge in [0.05, 0.1) is 19.1 Å². The highest BCUT2D eigenvalue weighted by molar-refractivity contribution is 5.97. The smallest absolute Gasteiger partial charge is 0.239 e. The van der Waals surface area contributed by atoms with Crippen LogP contribution >= 0.6 is 0 Å². The Morgan fingerprint density at radius 2 is 1.71 bits per heavy atom. The number of nitrogens with two attached hydrogens (primary N) is 1. The Balaban J connectivity index is 1.54. The summed E-state index contributed by atoms with van der Waals surface area (Å²) < 4.78 is 5.75. The van der Waals surface area contributed by atoms with Gasteiger partial charge in [-0.15, -0.1) is 0 Å². The number of carbonyl (C=O) groups excluding carboxylic acids is 3. The molecule has 4 N–H and O–H groups in total. The predicted octanol–water partition coefficient (Wildman–Crippen LogP) is 0.775. The van der Waals surface area contributed by atoms with Crippen LogP contribution < -0.4 is 26.0 Å². The van der Waals surface area contributed by atoms with E-state index in [0.717, 1.165) is 11.4 Å². The van der Waals surface area contributed by atoms with E-state index in [1.54, 1.807) is 17.0 Å². The molecule has 0 spiro atoms. The number of ether oxygens (including phenoxy) is 1. The Kier molecular flexibility index (Phi) is 6.23. The Morgan fingerprint density at radius 1 is 1.04 bits per heavy atom. The third kappa shape index (κ3) is 5.08. The first kappa shape index (κ1) is 19.4. The summed E-state index contributed by atoms with van der Waals surface area (Å²) in [5.41, 5.74) is 5.91. The van der Waals surface area contributed by atoms with Crippen LogP contribution in [0.2, 0.25) is 0 Å². The van der Waals surface area contributed by atoms with E-state index in [4.69, 9.17) is 10.5 Å². The number of anilines is 1. The highest BCUT2D eigenvalue weighted by Crippen LogP contribution is 2.26. The molecule has 146 valence electrons. The summed E-state index contributed by atoms with van der Waals surface area (Å²) in [5.74, 6) is 0.567. The lowest BCUT2D eigenvalue weighted by atomic mass is 10.2. The van der Waals surface area contributed by atoms with Gasteiger partial charge in [-0.3, -0.25) is 14.4 Å². The molecule has 2 aromatic rings. The van der Waals surface area contributed by atoms with Crippen LogP contribution in [-0.4, -0.2) is 43.4 Å². The van der Waals surface area contributed by atoms with Crippen LogP contribution in [0.5, 0.6) is 11.5 Å². The molecule has 1 saturated heterocycles. The second kappa shape index (κ2) is 9.01. The summed E-state index contributed by atoms with van der Waals surface area (Å²) in [6.07, 6.45) is 0.207. The fraction of sp³-hybridized carbons (Fsp3) is 0.250. The molecule has 1 atom stereocenters. The molecule has 0 radical (unpaired) electrons. The van der Waals surface area contributed by atoms with E-state index < -0.39 is 5.91 Å². The molecule has 2 aromatic carbocycles. The summed E-state index contributed by atoms with van der Waals surface area (Å²) in [7, 11) is 0. The third-order valence-electron chi connectivity index (χ3n) is 4.25. The van der Waals surface area contributed by atoms with Crippen molar-refractivity contribution < 1.29 is 19.1 Å². The van der Waals surface area contributed by atoms with Gasteiger partial charge in [-0.2, -0.15) is 0 Å². The fourth-order valence-electron chi connectivity index (χ4n) is 2.90. The monoisotopic (exact) mass is 382 g/mol. The molecule has 28 heavy (non-hydrogen) atoms. The van der Waals surface area contributed by atoms with Gasteiger partial charge in [0.2, 0.25) is 17.7 Å². The van der Waals surface area contributed by atoms with Crippen molar-refractivity contribution in [3.05, 3.63) is 54.6 Å². The molecule has 0 aliphatic carbocycles. The topological polar surface area (TPSA) is 114 Å². The van der Waals surface area contributed by atoms with Crippen molar-refractivity contribution >= 4 is 23.4 Å². The van der Waals surface area contributed by atoms with Gasteiger partial charge >= 0.3 is 0 Å². The summed E-state index contributed by atoms with van der Waals surface area (Å²) in [6.45, 7) is 0.0352. The zero-order valence-corrected chi connectivity index (χ0v) is 15.3. The minimum absolute atomic E-state index is 0.0759. The van der Waals surface area contributed by atoms with E-state index in [1.807, 2.05) is 42.5 Å². The molecule has 8 heteroatoms. The number of hydrogen-bond acceptors (Lipinski definition) is 5.